The van der Waals surface area contributed by atoms with Crippen molar-refractivity contribution in [1.29, 1.82) is 0 Å². The van der Waals surface area contributed by atoms with E-state index in [1.807, 2.05) is 0 Å². The lowest BCUT2D eigenvalue weighted by atomic mass is 10.1. The minimum absolute atomic E-state index is 0.0640. The van der Waals surface area contributed by atoms with Gasteiger partial charge in [-0.2, -0.15) is 0 Å². The summed E-state index contributed by atoms with van der Waals surface area (Å²) in [5.74, 6) is -0.439. The molecule has 0 aliphatic carbocycles. The highest BCUT2D eigenvalue weighted by atomic mass is 35.5. The second-order valence-electron chi connectivity index (χ2n) is 4.68. The van der Waals surface area contributed by atoms with Crippen LogP contribution in [0.5, 0.6) is 0 Å². The van der Waals surface area contributed by atoms with Crippen molar-refractivity contribution in [2.24, 2.45) is 0 Å². The van der Waals surface area contributed by atoms with Gasteiger partial charge in [-0.3, -0.25) is 0 Å². The van der Waals surface area contributed by atoms with E-state index in [-0.39, 0.29) is 5.02 Å². The Kier molecular flexibility index (Phi) is 4.66. The molecule has 1 heterocycles. The van der Waals surface area contributed by atoms with Gasteiger partial charge >= 0.3 is 0 Å². The van der Waals surface area contributed by atoms with Gasteiger partial charge in [0.25, 0.3) is 0 Å². The molecule has 3 nitrogen and oxygen atoms in total. The zero-order valence-electron chi connectivity index (χ0n) is 10.4. The number of halogens is 2. The molecule has 1 fully saturated rings. The highest BCUT2D eigenvalue weighted by Gasteiger charge is 2.10. The molecular weight excluding hydrogens is 253 g/mol. The number of rotatable bonds is 4. The van der Waals surface area contributed by atoms with Crippen LogP contribution in [-0.2, 0) is 0 Å². The smallest absolute Gasteiger partial charge is 0.143 e. The maximum Gasteiger partial charge on any atom is 0.143 e. The van der Waals surface area contributed by atoms with Gasteiger partial charge in [0.1, 0.15) is 5.82 Å². The van der Waals surface area contributed by atoms with Gasteiger partial charge in [-0.25, -0.2) is 4.39 Å². The number of hydrogen-bond donors (Lipinski definition) is 2. The Morgan fingerprint density at radius 3 is 2.72 bits per heavy atom. The number of hydrogen-bond acceptors (Lipinski definition) is 3. The molecule has 1 aromatic carbocycles. The molecule has 0 unspecified atom stereocenters. The standard InChI is InChI=1S/C13H19ClFN3/c14-10-8-12(16)13(9-11(10)15)17-4-7-18-5-2-1-3-6-18/h8-9,17H,1-7,16H2. The Hall–Kier alpha value is -1.00. The summed E-state index contributed by atoms with van der Waals surface area (Å²) in [6.45, 7) is 4.05. The van der Waals surface area contributed by atoms with Crippen LogP contribution in [-0.4, -0.2) is 31.1 Å². The minimum atomic E-state index is -0.439. The molecule has 2 rings (SSSR count). The number of anilines is 2. The van der Waals surface area contributed by atoms with Crippen molar-refractivity contribution in [2.75, 3.05) is 37.2 Å². The van der Waals surface area contributed by atoms with Crippen molar-refractivity contribution in [2.45, 2.75) is 19.3 Å². The molecule has 1 aliphatic rings. The summed E-state index contributed by atoms with van der Waals surface area (Å²) in [6, 6.07) is 2.80. The highest BCUT2D eigenvalue weighted by molar-refractivity contribution is 6.31. The Morgan fingerprint density at radius 2 is 2.00 bits per heavy atom. The molecule has 18 heavy (non-hydrogen) atoms. The molecule has 0 amide bonds. The summed E-state index contributed by atoms with van der Waals surface area (Å²) in [6.07, 6.45) is 3.88. The van der Waals surface area contributed by atoms with E-state index in [0.29, 0.717) is 11.4 Å². The zero-order chi connectivity index (χ0) is 13.0. The van der Waals surface area contributed by atoms with Crippen LogP contribution in [0, 0.1) is 5.82 Å². The van der Waals surface area contributed by atoms with Crippen molar-refractivity contribution in [3.05, 3.63) is 23.0 Å². The highest BCUT2D eigenvalue weighted by Crippen LogP contribution is 2.25. The van der Waals surface area contributed by atoms with E-state index in [0.717, 1.165) is 26.2 Å². The second-order valence-corrected chi connectivity index (χ2v) is 5.09. The van der Waals surface area contributed by atoms with E-state index in [4.69, 9.17) is 17.3 Å². The third-order valence-corrected chi connectivity index (χ3v) is 3.57. The van der Waals surface area contributed by atoms with Gasteiger partial charge in [-0.1, -0.05) is 18.0 Å². The molecule has 1 saturated heterocycles. The van der Waals surface area contributed by atoms with Gasteiger partial charge in [-0.15, -0.1) is 0 Å². The van der Waals surface area contributed by atoms with Gasteiger partial charge in [0.15, 0.2) is 0 Å². The maximum atomic E-state index is 13.3. The molecule has 0 bridgehead atoms. The number of likely N-dealkylation sites (tertiary alicyclic amines) is 1. The molecule has 100 valence electrons. The fourth-order valence-electron chi connectivity index (χ4n) is 2.25. The van der Waals surface area contributed by atoms with Crippen LogP contribution in [0.3, 0.4) is 0 Å². The van der Waals surface area contributed by atoms with E-state index >= 15 is 0 Å². The molecule has 5 heteroatoms. The number of nitrogens with one attached hydrogen (secondary N) is 1. The predicted octanol–water partition coefficient (Wildman–Crippen LogP) is 2.96. The topological polar surface area (TPSA) is 41.3 Å². The lowest BCUT2D eigenvalue weighted by Gasteiger charge is -2.26. The van der Waals surface area contributed by atoms with Crippen LogP contribution >= 0.6 is 11.6 Å². The van der Waals surface area contributed by atoms with Crippen LogP contribution in [0.4, 0.5) is 15.8 Å². The number of nitrogens with zero attached hydrogens (tertiary/aromatic N) is 1. The largest absolute Gasteiger partial charge is 0.397 e. The summed E-state index contributed by atoms with van der Waals surface area (Å²) < 4.78 is 13.3. The summed E-state index contributed by atoms with van der Waals surface area (Å²) in [5, 5.41) is 3.23. The Balaban J connectivity index is 1.84. The predicted molar refractivity (Wildman–Crippen MR) is 74.6 cm³/mol. The maximum absolute atomic E-state index is 13.3. The number of nitrogens with two attached hydrogens (primary N) is 1. The first-order chi connectivity index (χ1) is 8.66. The molecule has 1 aromatic rings. The van der Waals surface area contributed by atoms with Crippen molar-refractivity contribution in [1.82, 2.24) is 4.90 Å². The number of nitrogen functional groups attached to an aromatic ring is 1. The van der Waals surface area contributed by atoms with E-state index in [1.54, 1.807) is 0 Å². The monoisotopic (exact) mass is 271 g/mol. The lowest BCUT2D eigenvalue weighted by Crippen LogP contribution is -2.33. The minimum Gasteiger partial charge on any atom is -0.397 e. The molecule has 0 atom stereocenters. The van der Waals surface area contributed by atoms with Crippen molar-refractivity contribution in [3.63, 3.8) is 0 Å². The molecule has 3 N–H and O–H groups in total. The van der Waals surface area contributed by atoms with Crippen LogP contribution < -0.4 is 11.1 Å². The summed E-state index contributed by atoms with van der Waals surface area (Å²) in [7, 11) is 0. The van der Waals surface area contributed by atoms with Gasteiger partial charge in [0.05, 0.1) is 16.4 Å². The zero-order valence-corrected chi connectivity index (χ0v) is 11.1. The van der Waals surface area contributed by atoms with Gasteiger partial charge in [0.2, 0.25) is 0 Å². The van der Waals surface area contributed by atoms with Gasteiger partial charge < -0.3 is 16.0 Å². The number of benzene rings is 1. The first kappa shape index (κ1) is 13.4. The number of piperidine rings is 1. The fourth-order valence-corrected chi connectivity index (χ4v) is 2.42. The Morgan fingerprint density at radius 1 is 1.28 bits per heavy atom. The lowest BCUT2D eigenvalue weighted by molar-refractivity contribution is 0.237. The molecule has 0 radical (unpaired) electrons. The van der Waals surface area contributed by atoms with Crippen molar-refractivity contribution in [3.8, 4) is 0 Å². The molecular formula is C13H19ClFN3. The van der Waals surface area contributed by atoms with Crippen molar-refractivity contribution >= 4 is 23.0 Å². The summed E-state index contributed by atoms with van der Waals surface area (Å²) >= 11 is 5.65. The Labute approximate surface area is 112 Å². The van der Waals surface area contributed by atoms with Gasteiger partial charge in [0, 0.05) is 19.2 Å². The van der Waals surface area contributed by atoms with E-state index in [1.165, 1.54) is 31.4 Å². The summed E-state index contributed by atoms with van der Waals surface area (Å²) in [5.41, 5.74) is 6.89. The van der Waals surface area contributed by atoms with E-state index in [9.17, 15) is 4.39 Å². The van der Waals surface area contributed by atoms with Crippen molar-refractivity contribution < 1.29 is 4.39 Å². The average molecular weight is 272 g/mol. The molecule has 1 aliphatic heterocycles. The van der Waals surface area contributed by atoms with E-state index < -0.39 is 5.82 Å². The van der Waals surface area contributed by atoms with Crippen LogP contribution in [0.2, 0.25) is 5.02 Å². The third-order valence-electron chi connectivity index (χ3n) is 3.28. The Bertz CT molecular complexity index is 405. The van der Waals surface area contributed by atoms with Gasteiger partial charge in [-0.05, 0) is 32.0 Å². The van der Waals surface area contributed by atoms with Crippen LogP contribution in [0.15, 0.2) is 12.1 Å². The molecule has 0 saturated carbocycles. The average Bonchev–Trinajstić information content (AvgIpc) is 2.37. The normalized spacial score (nSPS) is 16.8. The molecule has 0 spiro atoms. The SMILES string of the molecule is Nc1cc(Cl)c(F)cc1NCCN1CCCCC1. The van der Waals surface area contributed by atoms with E-state index in [2.05, 4.69) is 10.2 Å². The summed E-state index contributed by atoms with van der Waals surface area (Å²) in [4.78, 5) is 2.42. The first-order valence-electron chi connectivity index (χ1n) is 6.37. The van der Waals surface area contributed by atoms with Crippen LogP contribution in [0.25, 0.3) is 0 Å². The second kappa shape index (κ2) is 6.25. The van der Waals surface area contributed by atoms with Crippen LogP contribution in [0.1, 0.15) is 19.3 Å². The molecule has 0 aromatic heterocycles. The quantitative estimate of drug-likeness (QED) is 0.828. The third kappa shape index (κ3) is 3.50. The first-order valence-corrected chi connectivity index (χ1v) is 6.75. The fraction of sp³-hybridized carbons (Fsp3) is 0.538.